The maximum atomic E-state index is 12.0. The Bertz CT molecular complexity index is 1970. The Hall–Kier alpha value is -5.80. The molecule has 3 N–H and O–H groups in total. The van der Waals surface area contributed by atoms with E-state index < -0.39 is 5.97 Å². The summed E-state index contributed by atoms with van der Waals surface area (Å²) in [6.07, 6.45) is 9.21. The van der Waals surface area contributed by atoms with Crippen LogP contribution in [0.25, 0.3) is 16.1 Å². The molecule has 7 heterocycles. The van der Waals surface area contributed by atoms with Crippen LogP contribution in [0.1, 0.15) is 53.1 Å². The largest absolute Gasteiger partial charge is 0.465 e. The van der Waals surface area contributed by atoms with Crippen LogP contribution in [-0.4, -0.2) is 148 Å². The summed E-state index contributed by atoms with van der Waals surface area (Å²) < 4.78 is 21.8. The van der Waals surface area contributed by atoms with Gasteiger partial charge in [0, 0.05) is 88.2 Å². The molecule has 0 spiro atoms. The lowest BCUT2D eigenvalue weighted by atomic mass is 10.1. The lowest BCUT2D eigenvalue weighted by Crippen LogP contribution is -2.39. The molecular weight excluding hydrogens is 733 g/mol. The molecule has 304 valence electrons. The minimum atomic E-state index is -0.405. The highest BCUT2D eigenvalue weighted by Gasteiger charge is 2.21. The Labute approximate surface area is 333 Å². The molecule has 3 aromatic heterocycles. The van der Waals surface area contributed by atoms with Crippen molar-refractivity contribution in [3.05, 3.63) is 81.9 Å². The molecule has 2 fully saturated rings. The van der Waals surface area contributed by atoms with Crippen LogP contribution in [-0.2, 0) is 23.7 Å². The fourth-order valence-electron chi connectivity index (χ4n) is 5.87. The lowest BCUT2D eigenvalue weighted by molar-refractivity contribution is -0.105. The number of fused-ring (bicyclic) bond motifs is 1. The number of aromatic nitrogens is 3. The van der Waals surface area contributed by atoms with Crippen LogP contribution >= 0.6 is 0 Å². The van der Waals surface area contributed by atoms with E-state index in [1.54, 1.807) is 30.6 Å². The maximum absolute atomic E-state index is 12.0. The van der Waals surface area contributed by atoms with E-state index in [-0.39, 0.29) is 5.97 Å². The number of imidazole rings is 1. The van der Waals surface area contributed by atoms with Crippen molar-refractivity contribution >= 4 is 53.5 Å². The first-order chi connectivity index (χ1) is 27.7. The number of methoxy groups -OCH3 is 2. The average molecular weight is 785 g/mol. The molecule has 7 rings (SSSR count). The molecule has 4 aliphatic heterocycles. The van der Waals surface area contributed by atoms with Crippen molar-refractivity contribution in [3.63, 3.8) is 0 Å². The Balaban J connectivity index is 0.000000202. The van der Waals surface area contributed by atoms with Crippen molar-refractivity contribution in [2.24, 2.45) is 9.98 Å². The number of carbonyl (C=O) groups is 3. The van der Waals surface area contributed by atoms with Crippen LogP contribution in [0.2, 0.25) is 0 Å². The standard InChI is InChI=1S/C20H25N5O3.C7H8N2O2.C7H12N2O.C6H7NO/c1-14-16(5-6-21-14)18-19(22-7-8-24-9-11-28-12-10-24)25-13-15(20(26)27-2)3-4-17(25)23-18;1-11-7(10)5-2-3-6(8)9-4-5;1-8-2-3-9-4-6-10-7-5-9;1-5-2-3-7-6(5)4-8/h3-4,6,13,22H,5,7-12H2,1-2H3;2-4H,1H3,(H2,8,9);2-7H2;3-4H,2H2,1H3. The predicted octanol–water partition coefficient (Wildman–Crippen LogP) is 3.69. The number of anilines is 2. The number of carbonyl (C=O) groups excluding carboxylic acids is 3. The van der Waals surface area contributed by atoms with Crippen molar-refractivity contribution in [1.82, 2.24) is 24.2 Å². The molecule has 0 amide bonds. The summed E-state index contributed by atoms with van der Waals surface area (Å²) in [5.41, 5.74) is 11.6. The molecule has 17 heteroatoms. The van der Waals surface area contributed by atoms with Gasteiger partial charge in [0.15, 0.2) is 6.29 Å². The average Bonchev–Trinajstić information content (AvgIpc) is 3.98. The first kappa shape index (κ1) is 43.9. The molecule has 0 aliphatic carbocycles. The third kappa shape index (κ3) is 13.4. The number of esters is 2. The van der Waals surface area contributed by atoms with Crippen LogP contribution in [0.4, 0.5) is 11.6 Å². The Morgan fingerprint density at radius 2 is 1.54 bits per heavy atom. The Morgan fingerprint density at radius 3 is 2.07 bits per heavy atom. The molecule has 17 nitrogen and oxygen atoms in total. The molecule has 0 unspecified atom stereocenters. The number of ether oxygens (including phenoxy) is 4. The summed E-state index contributed by atoms with van der Waals surface area (Å²) in [4.78, 5) is 57.5. The number of allylic oxidation sites excluding steroid dienone is 4. The Kier molecular flexibility index (Phi) is 18.0. The first-order valence-corrected chi connectivity index (χ1v) is 18.7. The summed E-state index contributed by atoms with van der Waals surface area (Å²) in [5.74, 6) is 0.500. The summed E-state index contributed by atoms with van der Waals surface area (Å²) in [5, 5.41) is 3.54. The van der Waals surface area contributed by atoms with Gasteiger partial charge in [0.05, 0.1) is 58.3 Å². The minimum Gasteiger partial charge on any atom is -0.465 e. The summed E-state index contributed by atoms with van der Waals surface area (Å²) in [6.45, 7) is 20.9. The molecule has 0 saturated carbocycles. The van der Waals surface area contributed by atoms with Crippen molar-refractivity contribution < 1.29 is 33.3 Å². The summed E-state index contributed by atoms with van der Waals surface area (Å²) >= 11 is 0. The van der Waals surface area contributed by atoms with Gasteiger partial charge >= 0.3 is 11.9 Å². The van der Waals surface area contributed by atoms with Crippen LogP contribution in [0, 0.1) is 6.57 Å². The van der Waals surface area contributed by atoms with E-state index in [2.05, 4.69) is 39.7 Å². The van der Waals surface area contributed by atoms with Gasteiger partial charge in [-0.1, -0.05) is 0 Å². The highest BCUT2D eigenvalue weighted by Crippen LogP contribution is 2.32. The molecule has 0 atom stereocenters. The number of aldehydes is 1. The van der Waals surface area contributed by atoms with Crippen molar-refractivity contribution in [3.8, 4) is 0 Å². The van der Waals surface area contributed by atoms with Gasteiger partial charge in [-0.05, 0) is 43.7 Å². The normalized spacial score (nSPS) is 16.4. The van der Waals surface area contributed by atoms with E-state index in [1.165, 1.54) is 20.4 Å². The van der Waals surface area contributed by atoms with Gasteiger partial charge in [0.25, 0.3) is 0 Å². The van der Waals surface area contributed by atoms with E-state index in [4.69, 9.17) is 31.5 Å². The number of hydrogen-bond acceptors (Lipinski definition) is 15. The SMILES string of the molecule is CC1=C(C=O)N=CC1.COC(=O)c1ccc(N)nc1.COC(=O)c1ccc2nc(C3=C(C)N=CC3)c(NCCN3CCOCC3)n2c1.[C-]#[N+]CCN1CCOCC1. The number of morpholine rings is 2. The van der Waals surface area contributed by atoms with Gasteiger partial charge in [-0.3, -0.25) is 29.0 Å². The van der Waals surface area contributed by atoms with Crippen LogP contribution < -0.4 is 11.1 Å². The third-order valence-electron chi connectivity index (χ3n) is 9.18. The van der Waals surface area contributed by atoms with Gasteiger partial charge in [0.2, 0.25) is 6.54 Å². The Morgan fingerprint density at radius 1 is 0.912 bits per heavy atom. The smallest absolute Gasteiger partial charge is 0.339 e. The van der Waals surface area contributed by atoms with Crippen molar-refractivity contribution in [2.75, 3.05) is 104 Å². The van der Waals surface area contributed by atoms with Crippen molar-refractivity contribution in [2.45, 2.75) is 26.7 Å². The number of nitrogens with two attached hydrogens (primary N) is 1. The number of hydrogen-bond donors (Lipinski definition) is 2. The number of pyridine rings is 2. The molecule has 2 saturated heterocycles. The zero-order valence-corrected chi connectivity index (χ0v) is 33.1. The lowest BCUT2D eigenvalue weighted by Gasteiger charge is -2.26. The third-order valence-corrected chi connectivity index (χ3v) is 9.18. The van der Waals surface area contributed by atoms with Gasteiger partial charge in [-0.25, -0.2) is 26.1 Å². The molecule has 0 radical (unpaired) electrons. The first-order valence-electron chi connectivity index (χ1n) is 18.7. The van der Waals surface area contributed by atoms with Crippen LogP contribution in [0.15, 0.2) is 63.6 Å². The number of nitrogens with one attached hydrogen (secondary N) is 1. The highest BCUT2D eigenvalue weighted by atomic mass is 16.5. The van der Waals surface area contributed by atoms with Crippen LogP contribution in [0.5, 0.6) is 0 Å². The quantitative estimate of drug-likeness (QED) is 0.172. The second-order valence-corrected chi connectivity index (χ2v) is 13.0. The van der Waals surface area contributed by atoms with E-state index >= 15 is 0 Å². The predicted molar refractivity (Wildman–Crippen MR) is 219 cm³/mol. The topological polar surface area (TPSA) is 192 Å². The van der Waals surface area contributed by atoms with E-state index in [9.17, 15) is 14.4 Å². The number of aliphatic imine (C=N–C) groups is 2. The van der Waals surface area contributed by atoms with Crippen LogP contribution in [0.3, 0.4) is 0 Å². The molecule has 57 heavy (non-hydrogen) atoms. The number of nitrogens with zero attached hydrogens (tertiary/aromatic N) is 8. The molecule has 0 bridgehead atoms. The highest BCUT2D eigenvalue weighted by molar-refractivity contribution is 5.92. The zero-order chi connectivity index (χ0) is 41.0. The fourth-order valence-corrected chi connectivity index (χ4v) is 5.87. The maximum Gasteiger partial charge on any atom is 0.339 e. The second-order valence-electron chi connectivity index (χ2n) is 13.0. The molecule has 3 aromatic rings. The second kappa shape index (κ2) is 23.3. The fraction of sp³-hybridized carbons (Fsp3) is 0.450. The number of nitrogen functional groups attached to an aromatic ring is 1. The van der Waals surface area contributed by atoms with Gasteiger partial charge in [-0.2, -0.15) is 0 Å². The van der Waals surface area contributed by atoms with E-state index in [0.717, 1.165) is 125 Å². The molecule has 0 aromatic carbocycles. The van der Waals surface area contributed by atoms with Gasteiger partial charge in [-0.15, -0.1) is 0 Å². The van der Waals surface area contributed by atoms with Gasteiger partial charge < -0.3 is 34.8 Å². The molecule has 4 aliphatic rings. The zero-order valence-electron chi connectivity index (χ0n) is 33.1. The monoisotopic (exact) mass is 784 g/mol. The minimum absolute atomic E-state index is 0.365. The van der Waals surface area contributed by atoms with E-state index in [0.29, 0.717) is 29.2 Å². The summed E-state index contributed by atoms with van der Waals surface area (Å²) in [6, 6.07) is 6.69. The van der Waals surface area contributed by atoms with Crippen molar-refractivity contribution in [1.29, 1.82) is 0 Å². The molecular formula is C40H52N10O7. The van der Waals surface area contributed by atoms with Gasteiger partial charge in [0.1, 0.15) is 28.7 Å². The summed E-state index contributed by atoms with van der Waals surface area (Å²) in [7, 11) is 2.70. The number of rotatable bonds is 10. The van der Waals surface area contributed by atoms with E-state index in [1.807, 2.05) is 30.5 Å².